The number of urea groups is 1. The molecular formula is C13H24N2O3S. The van der Waals surface area contributed by atoms with Crippen molar-refractivity contribution >= 4 is 23.8 Å². The summed E-state index contributed by atoms with van der Waals surface area (Å²) in [7, 11) is 0. The highest BCUT2D eigenvalue weighted by atomic mass is 32.2. The van der Waals surface area contributed by atoms with Crippen molar-refractivity contribution in [2.24, 2.45) is 0 Å². The van der Waals surface area contributed by atoms with Gasteiger partial charge in [-0.05, 0) is 44.1 Å². The van der Waals surface area contributed by atoms with Gasteiger partial charge in [-0.2, -0.15) is 11.8 Å². The summed E-state index contributed by atoms with van der Waals surface area (Å²) in [6.07, 6.45) is 6.50. The number of hydrogen-bond acceptors (Lipinski definition) is 3. The number of nitrogens with zero attached hydrogens (tertiary/aromatic N) is 1. The number of amides is 2. The van der Waals surface area contributed by atoms with Crippen LogP contribution >= 0.6 is 11.8 Å². The van der Waals surface area contributed by atoms with Crippen LogP contribution in [-0.4, -0.2) is 52.6 Å². The molecule has 1 saturated heterocycles. The van der Waals surface area contributed by atoms with Crippen molar-refractivity contribution in [1.29, 1.82) is 0 Å². The summed E-state index contributed by atoms with van der Waals surface area (Å²) >= 11 is 1.59. The van der Waals surface area contributed by atoms with Gasteiger partial charge in [-0.15, -0.1) is 0 Å². The molecule has 1 rings (SSSR count). The Labute approximate surface area is 119 Å². The number of piperidine rings is 1. The molecule has 0 saturated carbocycles. The van der Waals surface area contributed by atoms with Crippen molar-refractivity contribution in [2.75, 3.05) is 18.6 Å². The second-order valence-corrected chi connectivity index (χ2v) is 5.86. The van der Waals surface area contributed by atoms with Crippen molar-refractivity contribution in [2.45, 2.75) is 51.1 Å². The smallest absolute Gasteiger partial charge is 0.326 e. The third kappa shape index (κ3) is 4.93. The predicted molar refractivity (Wildman–Crippen MR) is 77.6 cm³/mol. The lowest BCUT2D eigenvalue weighted by Gasteiger charge is -2.35. The van der Waals surface area contributed by atoms with Crippen LogP contribution in [0.5, 0.6) is 0 Å². The van der Waals surface area contributed by atoms with E-state index in [9.17, 15) is 9.59 Å². The molecule has 2 N–H and O–H groups in total. The summed E-state index contributed by atoms with van der Waals surface area (Å²) in [4.78, 5) is 25.1. The monoisotopic (exact) mass is 288 g/mol. The minimum absolute atomic E-state index is 0.222. The molecule has 0 spiro atoms. The Bertz CT molecular complexity index is 312. The fraction of sp³-hybridized carbons (Fsp3) is 0.846. The molecule has 0 aromatic rings. The quantitative estimate of drug-likeness (QED) is 0.786. The van der Waals surface area contributed by atoms with Crippen LogP contribution in [0.15, 0.2) is 0 Å². The first kappa shape index (κ1) is 16.1. The first-order valence-corrected chi connectivity index (χ1v) is 8.28. The largest absolute Gasteiger partial charge is 0.480 e. The molecule has 0 unspecified atom stereocenters. The molecule has 6 heteroatoms. The number of likely N-dealkylation sites (tertiary alicyclic amines) is 1. The zero-order valence-corrected chi connectivity index (χ0v) is 12.5. The zero-order chi connectivity index (χ0) is 14.3. The molecule has 0 aromatic carbocycles. The van der Waals surface area contributed by atoms with Gasteiger partial charge in [-0.3, -0.25) is 0 Å². The minimum atomic E-state index is -0.951. The van der Waals surface area contributed by atoms with Gasteiger partial charge in [0.15, 0.2) is 0 Å². The molecule has 19 heavy (non-hydrogen) atoms. The standard InChI is InChI=1S/C13H24N2O3S/c1-3-10-6-4-5-8-15(10)13(18)14-11(12(16)17)7-9-19-2/h10-11H,3-9H2,1-2H3,(H,14,18)(H,16,17)/t10-,11-/m0/s1. The second kappa shape index (κ2) is 8.30. The topological polar surface area (TPSA) is 69.6 Å². The first-order valence-electron chi connectivity index (χ1n) is 6.89. The van der Waals surface area contributed by atoms with Crippen molar-refractivity contribution in [3.8, 4) is 0 Å². The molecule has 1 fully saturated rings. The molecular weight excluding hydrogens is 264 g/mol. The fourth-order valence-electron chi connectivity index (χ4n) is 2.42. The predicted octanol–water partition coefficient (Wildman–Crippen LogP) is 2.17. The zero-order valence-electron chi connectivity index (χ0n) is 11.7. The van der Waals surface area contributed by atoms with Crippen LogP contribution in [-0.2, 0) is 4.79 Å². The van der Waals surface area contributed by atoms with Crippen LogP contribution < -0.4 is 5.32 Å². The van der Waals surface area contributed by atoms with E-state index in [2.05, 4.69) is 12.2 Å². The van der Waals surface area contributed by atoms with Gasteiger partial charge in [0.25, 0.3) is 0 Å². The summed E-state index contributed by atoms with van der Waals surface area (Å²) < 4.78 is 0. The Hall–Kier alpha value is -0.910. The normalized spacial score (nSPS) is 20.9. The minimum Gasteiger partial charge on any atom is -0.480 e. The van der Waals surface area contributed by atoms with Gasteiger partial charge < -0.3 is 15.3 Å². The van der Waals surface area contributed by atoms with Crippen molar-refractivity contribution in [3.05, 3.63) is 0 Å². The highest BCUT2D eigenvalue weighted by molar-refractivity contribution is 7.98. The van der Waals surface area contributed by atoms with Crippen LogP contribution in [0.3, 0.4) is 0 Å². The Kier molecular flexibility index (Phi) is 7.05. The molecule has 0 bridgehead atoms. The molecule has 0 aromatic heterocycles. The molecule has 0 aliphatic carbocycles. The molecule has 0 radical (unpaired) electrons. The lowest BCUT2D eigenvalue weighted by Crippen LogP contribution is -2.52. The Balaban J connectivity index is 2.56. The second-order valence-electron chi connectivity index (χ2n) is 4.87. The average Bonchev–Trinajstić information content (AvgIpc) is 2.42. The van der Waals surface area contributed by atoms with Crippen molar-refractivity contribution < 1.29 is 14.7 Å². The van der Waals surface area contributed by atoms with Crippen LogP contribution in [0.4, 0.5) is 4.79 Å². The fourth-order valence-corrected chi connectivity index (χ4v) is 2.89. The van der Waals surface area contributed by atoms with E-state index in [1.807, 2.05) is 6.26 Å². The van der Waals surface area contributed by atoms with Gasteiger partial charge in [-0.1, -0.05) is 6.92 Å². The molecule has 2 atom stereocenters. The van der Waals surface area contributed by atoms with E-state index in [1.165, 1.54) is 0 Å². The lowest BCUT2D eigenvalue weighted by molar-refractivity contribution is -0.139. The van der Waals surface area contributed by atoms with Gasteiger partial charge in [0, 0.05) is 12.6 Å². The molecule has 110 valence electrons. The van der Waals surface area contributed by atoms with E-state index in [0.717, 1.165) is 38.0 Å². The Morgan fingerprint density at radius 1 is 1.47 bits per heavy atom. The number of hydrogen-bond donors (Lipinski definition) is 2. The number of rotatable bonds is 6. The van der Waals surface area contributed by atoms with E-state index in [4.69, 9.17) is 5.11 Å². The van der Waals surface area contributed by atoms with Gasteiger partial charge in [-0.25, -0.2) is 9.59 Å². The third-order valence-electron chi connectivity index (χ3n) is 3.57. The number of carbonyl (C=O) groups excluding carboxylic acids is 1. The van der Waals surface area contributed by atoms with Crippen LogP contribution in [0, 0.1) is 0 Å². The summed E-state index contributed by atoms with van der Waals surface area (Å²) in [6, 6.07) is -0.747. The summed E-state index contributed by atoms with van der Waals surface area (Å²) in [5.74, 6) is -0.221. The average molecular weight is 288 g/mol. The number of thioether (sulfide) groups is 1. The van der Waals surface area contributed by atoms with Gasteiger partial charge in [0.05, 0.1) is 0 Å². The number of carboxylic acid groups (broad SMARTS) is 1. The molecule has 1 aliphatic rings. The maximum absolute atomic E-state index is 12.2. The first-order chi connectivity index (χ1) is 9.10. The molecule has 1 heterocycles. The summed E-state index contributed by atoms with van der Waals surface area (Å²) in [6.45, 7) is 2.80. The number of carboxylic acids is 1. The van der Waals surface area contributed by atoms with E-state index in [0.29, 0.717) is 6.42 Å². The van der Waals surface area contributed by atoms with Gasteiger partial charge >= 0.3 is 12.0 Å². The Morgan fingerprint density at radius 2 is 2.21 bits per heavy atom. The maximum atomic E-state index is 12.2. The summed E-state index contributed by atoms with van der Waals surface area (Å²) in [5, 5.41) is 11.8. The van der Waals surface area contributed by atoms with Crippen LogP contribution in [0.1, 0.15) is 39.0 Å². The van der Waals surface area contributed by atoms with E-state index < -0.39 is 12.0 Å². The highest BCUT2D eigenvalue weighted by Gasteiger charge is 2.28. The van der Waals surface area contributed by atoms with Crippen molar-refractivity contribution in [3.63, 3.8) is 0 Å². The van der Waals surface area contributed by atoms with E-state index >= 15 is 0 Å². The highest BCUT2D eigenvalue weighted by Crippen LogP contribution is 2.19. The third-order valence-corrected chi connectivity index (χ3v) is 4.21. The van der Waals surface area contributed by atoms with Crippen LogP contribution in [0.25, 0.3) is 0 Å². The number of carbonyl (C=O) groups is 2. The van der Waals surface area contributed by atoms with Crippen molar-refractivity contribution in [1.82, 2.24) is 10.2 Å². The van der Waals surface area contributed by atoms with E-state index in [1.54, 1.807) is 16.7 Å². The van der Waals surface area contributed by atoms with Crippen LogP contribution in [0.2, 0.25) is 0 Å². The molecule has 2 amide bonds. The molecule has 5 nitrogen and oxygen atoms in total. The van der Waals surface area contributed by atoms with E-state index in [-0.39, 0.29) is 12.1 Å². The lowest BCUT2D eigenvalue weighted by atomic mass is 10.0. The maximum Gasteiger partial charge on any atom is 0.326 e. The number of nitrogens with one attached hydrogen (secondary N) is 1. The summed E-state index contributed by atoms with van der Waals surface area (Å²) in [5.41, 5.74) is 0. The molecule has 1 aliphatic heterocycles. The SMILES string of the molecule is CC[C@H]1CCCCN1C(=O)N[C@@H](CCSC)C(=O)O. The van der Waals surface area contributed by atoms with Gasteiger partial charge in [0.2, 0.25) is 0 Å². The Morgan fingerprint density at radius 3 is 2.79 bits per heavy atom. The number of aliphatic carboxylic acids is 1. The van der Waals surface area contributed by atoms with Gasteiger partial charge in [0.1, 0.15) is 6.04 Å².